The van der Waals surface area contributed by atoms with Crippen molar-refractivity contribution in [2.45, 2.75) is 36.5 Å². The highest BCUT2D eigenvalue weighted by Crippen LogP contribution is 2.58. The van der Waals surface area contributed by atoms with Crippen LogP contribution in [0.4, 0.5) is 13.2 Å². The summed E-state index contributed by atoms with van der Waals surface area (Å²) in [7, 11) is 1.93. The summed E-state index contributed by atoms with van der Waals surface area (Å²) in [6.07, 6.45) is 2.47. The number of fused-ring (bicyclic) bond motifs is 1. The quantitative estimate of drug-likeness (QED) is 0.381. The molecule has 0 radical (unpaired) electrons. The summed E-state index contributed by atoms with van der Waals surface area (Å²) in [5, 5.41) is 9.38. The number of pyridine rings is 1. The van der Waals surface area contributed by atoms with Crippen LogP contribution in [0.5, 0.6) is 0 Å². The molecule has 11 heteroatoms. The average Bonchev–Trinajstić information content (AvgIpc) is 3.16. The summed E-state index contributed by atoms with van der Waals surface area (Å²) in [5.41, 5.74) is 1.64. The molecule has 33 heavy (non-hydrogen) atoms. The molecule has 7 nitrogen and oxygen atoms in total. The molecule has 2 atom stereocenters. The minimum atomic E-state index is -4.39. The van der Waals surface area contributed by atoms with Crippen molar-refractivity contribution in [3.05, 3.63) is 47.7 Å². The van der Waals surface area contributed by atoms with E-state index in [1.165, 1.54) is 6.20 Å². The Kier molecular flexibility index (Phi) is 5.64. The van der Waals surface area contributed by atoms with E-state index < -0.39 is 11.9 Å². The van der Waals surface area contributed by atoms with Gasteiger partial charge in [-0.15, -0.1) is 10.2 Å². The Morgan fingerprint density at radius 1 is 1.12 bits per heavy atom. The largest absolute Gasteiger partial charge is 0.433 e. The normalized spacial score (nSPS) is 22.5. The van der Waals surface area contributed by atoms with Gasteiger partial charge in [-0.05, 0) is 43.9 Å². The zero-order valence-electron chi connectivity index (χ0n) is 18.4. The number of hydrogen-bond acceptors (Lipinski definition) is 7. The molecule has 174 valence electrons. The molecule has 0 bridgehead atoms. The number of rotatable bonds is 7. The fourth-order valence-electron chi connectivity index (χ4n) is 4.68. The Labute approximate surface area is 193 Å². The number of hydrogen-bond donors (Lipinski definition) is 0. The number of aryl methyl sites for hydroxylation is 1. The van der Waals surface area contributed by atoms with Crippen LogP contribution in [0.1, 0.15) is 29.8 Å². The van der Waals surface area contributed by atoms with Gasteiger partial charge in [-0.3, -0.25) is 9.97 Å². The second kappa shape index (κ2) is 8.35. The fraction of sp³-hybridized carbons (Fsp3) is 0.500. The van der Waals surface area contributed by atoms with Crippen molar-refractivity contribution >= 4 is 11.8 Å². The van der Waals surface area contributed by atoms with Crippen LogP contribution >= 0.6 is 11.8 Å². The third kappa shape index (κ3) is 4.35. The Morgan fingerprint density at radius 3 is 2.67 bits per heavy atom. The monoisotopic (exact) mass is 475 g/mol. The Morgan fingerprint density at radius 2 is 1.97 bits per heavy atom. The van der Waals surface area contributed by atoms with E-state index in [-0.39, 0.29) is 5.41 Å². The molecule has 0 amide bonds. The average molecular weight is 476 g/mol. The summed E-state index contributed by atoms with van der Waals surface area (Å²) < 4.78 is 40.3. The molecule has 1 aliphatic carbocycles. The van der Waals surface area contributed by atoms with Crippen molar-refractivity contribution in [3.8, 4) is 11.5 Å². The molecule has 5 rings (SSSR count). The number of alkyl halides is 3. The van der Waals surface area contributed by atoms with Crippen LogP contribution < -0.4 is 0 Å². The molecule has 4 heterocycles. The highest BCUT2D eigenvalue weighted by atomic mass is 32.2. The smallest absolute Gasteiger partial charge is 0.304 e. The first-order valence-corrected chi connectivity index (χ1v) is 11.8. The molecule has 0 aromatic carbocycles. The van der Waals surface area contributed by atoms with Crippen LogP contribution in [0, 0.1) is 12.8 Å². The van der Waals surface area contributed by atoms with Crippen LogP contribution in [0.3, 0.4) is 0 Å². The van der Waals surface area contributed by atoms with E-state index in [2.05, 4.69) is 30.0 Å². The third-order valence-corrected chi connectivity index (χ3v) is 7.65. The van der Waals surface area contributed by atoms with Crippen molar-refractivity contribution in [2.24, 2.45) is 13.0 Å². The second-order valence-corrected chi connectivity index (χ2v) is 9.89. The standard InChI is InChI=1S/C22H24F3N7S/c1-14-9-27-17(11-26-14)19-29-30-20(31(19)2)33-7-3-6-32-12-16-8-21(16,13-32)15-4-5-18(28-10-15)22(23,24)25/h4-5,9-11,16H,3,6-8,12-13H2,1-2H3/t16-,21+/m1/s1. The predicted octanol–water partition coefficient (Wildman–Crippen LogP) is 3.75. The van der Waals surface area contributed by atoms with Crippen molar-refractivity contribution in [3.63, 3.8) is 0 Å². The first-order chi connectivity index (χ1) is 15.8. The molecular formula is C22H24F3N7S. The second-order valence-electron chi connectivity index (χ2n) is 8.83. The minimum absolute atomic E-state index is 0.0160. The molecule has 1 aliphatic heterocycles. The number of halogens is 3. The Hall–Kier alpha value is -2.53. The van der Waals surface area contributed by atoms with E-state index >= 15 is 0 Å². The van der Waals surface area contributed by atoms with Crippen molar-refractivity contribution in [1.29, 1.82) is 0 Å². The van der Waals surface area contributed by atoms with Crippen molar-refractivity contribution in [1.82, 2.24) is 34.6 Å². The molecule has 3 aromatic heterocycles. The highest BCUT2D eigenvalue weighted by Gasteiger charge is 2.60. The van der Waals surface area contributed by atoms with Gasteiger partial charge in [0.15, 0.2) is 11.0 Å². The lowest BCUT2D eigenvalue weighted by molar-refractivity contribution is -0.141. The lowest BCUT2D eigenvalue weighted by Crippen LogP contribution is -2.28. The summed E-state index contributed by atoms with van der Waals surface area (Å²) >= 11 is 1.66. The molecule has 0 N–H and O–H groups in total. The number of piperidine rings is 1. The molecule has 3 aromatic rings. The van der Waals surface area contributed by atoms with Gasteiger partial charge in [0.1, 0.15) is 11.4 Å². The minimum Gasteiger partial charge on any atom is -0.304 e. The van der Waals surface area contributed by atoms with E-state index in [0.717, 1.165) is 60.7 Å². The molecule has 2 fully saturated rings. The van der Waals surface area contributed by atoms with E-state index in [9.17, 15) is 13.2 Å². The van der Waals surface area contributed by atoms with Gasteiger partial charge in [0.25, 0.3) is 0 Å². The van der Waals surface area contributed by atoms with Crippen molar-refractivity contribution in [2.75, 3.05) is 25.4 Å². The van der Waals surface area contributed by atoms with Crippen LogP contribution in [0.25, 0.3) is 11.5 Å². The summed E-state index contributed by atoms with van der Waals surface area (Å²) in [4.78, 5) is 14.7. The molecule has 1 saturated heterocycles. The van der Waals surface area contributed by atoms with E-state index in [1.807, 2.05) is 18.5 Å². The van der Waals surface area contributed by atoms with Gasteiger partial charge in [0.05, 0.1) is 11.9 Å². The molecule has 2 aliphatic rings. The third-order valence-electron chi connectivity index (χ3n) is 6.54. The van der Waals surface area contributed by atoms with E-state index in [0.29, 0.717) is 17.4 Å². The number of thioether (sulfide) groups is 1. The van der Waals surface area contributed by atoms with Gasteiger partial charge in [0.2, 0.25) is 0 Å². The SMILES string of the molecule is Cc1cnc(-c2nnc(SCCCN3C[C@H]4C[C@@]4(c4ccc(C(F)(F)F)nc4)C3)n2C)cn1. The van der Waals surface area contributed by atoms with E-state index in [1.54, 1.807) is 30.2 Å². The lowest BCUT2D eigenvalue weighted by atomic mass is 9.96. The van der Waals surface area contributed by atoms with Gasteiger partial charge in [-0.1, -0.05) is 17.8 Å². The van der Waals surface area contributed by atoms with Gasteiger partial charge in [-0.25, -0.2) is 4.98 Å². The molecule has 1 saturated carbocycles. The molecular weight excluding hydrogens is 451 g/mol. The summed E-state index contributed by atoms with van der Waals surface area (Å²) in [6, 6.07) is 2.72. The zero-order chi connectivity index (χ0) is 23.2. The van der Waals surface area contributed by atoms with Crippen LogP contribution in [-0.4, -0.2) is 60.0 Å². The topological polar surface area (TPSA) is 72.6 Å². The first kappa shape index (κ1) is 22.3. The van der Waals surface area contributed by atoms with Gasteiger partial charge in [-0.2, -0.15) is 13.2 Å². The van der Waals surface area contributed by atoms with Crippen LogP contribution in [0.2, 0.25) is 0 Å². The van der Waals surface area contributed by atoms with Gasteiger partial charge in [0, 0.05) is 43.7 Å². The Bertz CT molecular complexity index is 1130. The van der Waals surface area contributed by atoms with Crippen LogP contribution in [0.15, 0.2) is 35.9 Å². The van der Waals surface area contributed by atoms with Gasteiger partial charge < -0.3 is 9.47 Å². The highest BCUT2D eigenvalue weighted by molar-refractivity contribution is 7.99. The molecule has 0 spiro atoms. The lowest BCUT2D eigenvalue weighted by Gasteiger charge is -2.21. The molecule has 0 unspecified atom stereocenters. The predicted molar refractivity (Wildman–Crippen MR) is 118 cm³/mol. The van der Waals surface area contributed by atoms with Gasteiger partial charge >= 0.3 is 6.18 Å². The maximum atomic E-state index is 12.8. The zero-order valence-corrected chi connectivity index (χ0v) is 19.2. The fourth-order valence-corrected chi connectivity index (χ4v) is 5.52. The van der Waals surface area contributed by atoms with Crippen LogP contribution in [-0.2, 0) is 18.6 Å². The summed E-state index contributed by atoms with van der Waals surface area (Å²) in [5.74, 6) is 2.11. The van der Waals surface area contributed by atoms with Crippen molar-refractivity contribution < 1.29 is 13.2 Å². The van der Waals surface area contributed by atoms with E-state index in [4.69, 9.17) is 0 Å². The maximum absolute atomic E-state index is 12.8. The maximum Gasteiger partial charge on any atom is 0.433 e. The number of aromatic nitrogens is 6. The summed E-state index contributed by atoms with van der Waals surface area (Å²) in [6.45, 7) is 4.72. The number of nitrogens with zero attached hydrogens (tertiary/aromatic N) is 7. The Balaban J connectivity index is 1.12. The number of likely N-dealkylation sites (tertiary alicyclic amines) is 1. The first-order valence-electron chi connectivity index (χ1n) is 10.8.